The number of ether oxygens (including phenoxy) is 1. The van der Waals surface area contributed by atoms with E-state index in [9.17, 15) is 10.2 Å². The number of aromatic nitrogens is 2. The van der Waals surface area contributed by atoms with Gasteiger partial charge in [-0.3, -0.25) is 4.90 Å². The number of phenolic OH excluding ortho intramolecular Hbond substituents is 1. The van der Waals surface area contributed by atoms with Gasteiger partial charge in [0.05, 0.1) is 6.61 Å². The topological polar surface area (TPSA) is 70.8 Å². The normalized spacial score (nSPS) is 17.6. The summed E-state index contributed by atoms with van der Waals surface area (Å²) in [5.74, 6) is 2.05. The van der Waals surface area contributed by atoms with Crippen molar-refractivity contribution in [1.29, 1.82) is 0 Å². The summed E-state index contributed by atoms with van der Waals surface area (Å²) in [6.45, 7) is 5.04. The molecule has 0 bridgehead atoms. The molecule has 25 heavy (non-hydrogen) atoms. The van der Waals surface area contributed by atoms with Gasteiger partial charge in [-0.25, -0.2) is 4.98 Å². The molecule has 1 aromatic heterocycles. The van der Waals surface area contributed by atoms with Crippen LogP contribution in [-0.4, -0.2) is 44.4 Å². The van der Waals surface area contributed by atoms with Crippen molar-refractivity contribution in [1.82, 2.24) is 14.5 Å². The van der Waals surface area contributed by atoms with Gasteiger partial charge in [0, 0.05) is 31.5 Å². The van der Waals surface area contributed by atoms with Gasteiger partial charge in [-0.2, -0.15) is 0 Å². The molecule has 6 heteroatoms. The number of hydrogen-bond acceptors (Lipinski definition) is 5. The molecule has 3 rings (SSSR count). The summed E-state index contributed by atoms with van der Waals surface area (Å²) >= 11 is 0. The highest BCUT2D eigenvalue weighted by Gasteiger charge is 2.28. The Morgan fingerprint density at radius 3 is 2.72 bits per heavy atom. The number of hydrogen-bond donors (Lipinski definition) is 2. The average molecular weight is 345 g/mol. The maximum atomic E-state index is 10.6. The molecule has 2 heterocycles. The fourth-order valence-electron chi connectivity index (χ4n) is 3.49. The maximum absolute atomic E-state index is 10.6. The predicted octanol–water partition coefficient (Wildman–Crippen LogP) is 2.47. The lowest BCUT2D eigenvalue weighted by atomic mass is 9.90. The Balaban J connectivity index is 1.58. The van der Waals surface area contributed by atoms with Crippen LogP contribution in [-0.2, 0) is 13.6 Å². The first-order valence-corrected chi connectivity index (χ1v) is 8.90. The number of imidazole rings is 1. The molecule has 1 atom stereocenters. The zero-order valence-electron chi connectivity index (χ0n) is 14.9. The minimum atomic E-state index is -0.517. The fraction of sp³-hybridized carbons (Fsp3) is 0.526. The van der Waals surface area contributed by atoms with Crippen LogP contribution in [0.3, 0.4) is 0 Å². The molecule has 0 radical (unpaired) electrons. The van der Waals surface area contributed by atoms with Gasteiger partial charge in [-0.15, -0.1) is 0 Å². The predicted molar refractivity (Wildman–Crippen MR) is 95.4 cm³/mol. The summed E-state index contributed by atoms with van der Waals surface area (Å²) in [5.41, 5.74) is 0.883. The largest absolute Gasteiger partial charge is 0.508 e. The first-order valence-electron chi connectivity index (χ1n) is 8.90. The highest BCUT2D eigenvalue weighted by Crippen LogP contribution is 2.31. The molecule has 1 fully saturated rings. The van der Waals surface area contributed by atoms with Gasteiger partial charge in [-0.05, 0) is 57.0 Å². The van der Waals surface area contributed by atoms with Gasteiger partial charge in [0.1, 0.15) is 23.4 Å². The number of aromatic hydroxyl groups is 1. The summed E-state index contributed by atoms with van der Waals surface area (Å²) < 4.78 is 7.40. The van der Waals surface area contributed by atoms with E-state index in [0.29, 0.717) is 18.9 Å². The summed E-state index contributed by atoms with van der Waals surface area (Å²) in [6, 6.07) is 5.39. The lowest BCUT2D eigenvalue weighted by Crippen LogP contribution is -2.35. The van der Waals surface area contributed by atoms with Crippen LogP contribution < -0.4 is 4.74 Å². The van der Waals surface area contributed by atoms with Crippen LogP contribution in [0, 0.1) is 5.92 Å². The van der Waals surface area contributed by atoms with Crippen molar-refractivity contribution in [2.75, 3.05) is 19.7 Å². The summed E-state index contributed by atoms with van der Waals surface area (Å²) in [7, 11) is 1.91. The van der Waals surface area contributed by atoms with Crippen LogP contribution in [0.25, 0.3) is 0 Å². The summed E-state index contributed by atoms with van der Waals surface area (Å²) in [4.78, 5) is 6.58. The summed E-state index contributed by atoms with van der Waals surface area (Å²) in [6.07, 6.45) is 4.90. The van der Waals surface area contributed by atoms with E-state index in [1.807, 2.05) is 30.8 Å². The van der Waals surface area contributed by atoms with Gasteiger partial charge >= 0.3 is 0 Å². The van der Waals surface area contributed by atoms with E-state index in [-0.39, 0.29) is 5.92 Å². The van der Waals surface area contributed by atoms with E-state index in [4.69, 9.17) is 4.74 Å². The maximum Gasteiger partial charge on any atom is 0.137 e. The van der Waals surface area contributed by atoms with Crippen molar-refractivity contribution in [3.63, 3.8) is 0 Å². The monoisotopic (exact) mass is 345 g/mol. The zero-order chi connectivity index (χ0) is 17.8. The Labute approximate surface area is 148 Å². The Hall–Kier alpha value is -2.05. The zero-order valence-corrected chi connectivity index (χ0v) is 14.9. The van der Waals surface area contributed by atoms with E-state index in [2.05, 4.69) is 9.88 Å². The fourth-order valence-corrected chi connectivity index (χ4v) is 3.49. The quantitative estimate of drug-likeness (QED) is 0.842. The molecule has 1 aliphatic heterocycles. The van der Waals surface area contributed by atoms with Crippen molar-refractivity contribution in [2.24, 2.45) is 13.0 Å². The van der Waals surface area contributed by atoms with Crippen molar-refractivity contribution in [3.05, 3.63) is 42.0 Å². The number of piperidine rings is 1. The molecule has 6 nitrogen and oxygen atoms in total. The molecule has 0 saturated carbocycles. The van der Waals surface area contributed by atoms with Crippen molar-refractivity contribution in [2.45, 2.75) is 32.4 Å². The van der Waals surface area contributed by atoms with Crippen LogP contribution in [0.2, 0.25) is 0 Å². The molecule has 136 valence electrons. The molecular formula is C19H27N3O3. The lowest BCUT2D eigenvalue weighted by molar-refractivity contribution is 0.0490. The number of phenols is 1. The second kappa shape index (κ2) is 7.89. The standard InChI is InChI=1S/C19H27N3O3/c1-3-25-16-4-5-17(23)15(12-16)13-22-9-6-14(7-10-22)18(24)19-20-8-11-21(19)2/h4-5,8,11-12,14,18,23-24H,3,6-7,9-10,13H2,1-2H3. The van der Waals surface area contributed by atoms with Gasteiger partial charge in [0.15, 0.2) is 0 Å². The molecule has 2 N–H and O–H groups in total. The lowest BCUT2D eigenvalue weighted by Gasteiger charge is -2.34. The second-order valence-electron chi connectivity index (χ2n) is 6.68. The van der Waals surface area contributed by atoms with E-state index < -0.39 is 6.10 Å². The van der Waals surface area contributed by atoms with Crippen LogP contribution in [0.5, 0.6) is 11.5 Å². The molecule has 1 aromatic carbocycles. The average Bonchev–Trinajstić information content (AvgIpc) is 3.04. The highest BCUT2D eigenvalue weighted by atomic mass is 16.5. The number of benzene rings is 1. The van der Waals surface area contributed by atoms with Gasteiger partial charge < -0.3 is 19.5 Å². The molecule has 0 spiro atoms. The van der Waals surface area contributed by atoms with Crippen molar-refractivity contribution in [3.8, 4) is 11.5 Å². The third-order valence-corrected chi connectivity index (χ3v) is 4.96. The number of aliphatic hydroxyl groups excluding tert-OH is 1. The van der Waals surface area contributed by atoms with Crippen LogP contribution in [0.15, 0.2) is 30.6 Å². The van der Waals surface area contributed by atoms with Gasteiger partial charge in [0.25, 0.3) is 0 Å². The number of aliphatic hydroxyl groups is 1. The van der Waals surface area contributed by atoms with Crippen molar-refractivity contribution < 1.29 is 14.9 Å². The van der Waals surface area contributed by atoms with Crippen LogP contribution in [0.4, 0.5) is 0 Å². The Bertz CT molecular complexity index is 693. The molecular weight excluding hydrogens is 318 g/mol. The third-order valence-electron chi connectivity index (χ3n) is 4.96. The Kier molecular flexibility index (Phi) is 5.60. The first kappa shape index (κ1) is 17.8. The first-order chi connectivity index (χ1) is 12.1. The van der Waals surface area contributed by atoms with Gasteiger partial charge in [0.2, 0.25) is 0 Å². The second-order valence-corrected chi connectivity index (χ2v) is 6.68. The SMILES string of the molecule is CCOc1ccc(O)c(CN2CCC(C(O)c3nccn3C)CC2)c1. The van der Waals surface area contributed by atoms with E-state index in [0.717, 1.165) is 43.1 Å². The molecule has 0 amide bonds. The molecule has 0 aliphatic carbocycles. The number of likely N-dealkylation sites (tertiary alicyclic amines) is 1. The summed E-state index contributed by atoms with van der Waals surface area (Å²) in [5, 5.41) is 20.7. The number of rotatable bonds is 6. The molecule has 2 aromatic rings. The minimum Gasteiger partial charge on any atom is -0.508 e. The highest BCUT2D eigenvalue weighted by molar-refractivity contribution is 5.39. The van der Waals surface area contributed by atoms with Gasteiger partial charge in [-0.1, -0.05) is 0 Å². The van der Waals surface area contributed by atoms with Crippen LogP contribution >= 0.6 is 0 Å². The van der Waals surface area contributed by atoms with E-state index >= 15 is 0 Å². The number of aryl methyl sites for hydroxylation is 1. The number of nitrogens with zero attached hydrogens (tertiary/aromatic N) is 3. The van der Waals surface area contributed by atoms with E-state index in [1.54, 1.807) is 18.3 Å². The van der Waals surface area contributed by atoms with E-state index in [1.165, 1.54) is 0 Å². The van der Waals surface area contributed by atoms with Crippen LogP contribution in [0.1, 0.15) is 37.3 Å². The third kappa shape index (κ3) is 4.14. The van der Waals surface area contributed by atoms with Crippen molar-refractivity contribution >= 4 is 0 Å². The molecule has 1 unspecified atom stereocenters. The molecule has 1 aliphatic rings. The Morgan fingerprint density at radius 2 is 2.08 bits per heavy atom. The smallest absolute Gasteiger partial charge is 0.137 e. The minimum absolute atomic E-state index is 0.223. The Morgan fingerprint density at radius 1 is 1.32 bits per heavy atom. The molecule has 1 saturated heterocycles.